The third-order valence-corrected chi connectivity index (χ3v) is 7.46. The van der Waals surface area contributed by atoms with Gasteiger partial charge in [0.2, 0.25) is 15.9 Å². The van der Waals surface area contributed by atoms with Gasteiger partial charge in [-0.15, -0.1) is 0 Å². The van der Waals surface area contributed by atoms with Crippen molar-refractivity contribution in [1.82, 2.24) is 14.9 Å². The largest absolute Gasteiger partial charge is 0.354 e. The van der Waals surface area contributed by atoms with Crippen molar-refractivity contribution >= 4 is 31.9 Å². The minimum atomic E-state index is -3.61. The summed E-state index contributed by atoms with van der Waals surface area (Å²) < 4.78 is 27.9. The molecular weight excluding hydrogens is 466 g/mol. The molecule has 162 valence electrons. The van der Waals surface area contributed by atoms with Crippen molar-refractivity contribution in [2.45, 2.75) is 43.7 Å². The Morgan fingerprint density at radius 3 is 2.53 bits per heavy atom. The van der Waals surface area contributed by atoms with Crippen LogP contribution in [0.15, 0.2) is 57.9 Å². The Hall–Kier alpha value is -1.74. The normalized spacial score (nSPS) is 15.4. The van der Waals surface area contributed by atoms with Gasteiger partial charge in [-0.3, -0.25) is 9.69 Å². The van der Waals surface area contributed by atoms with Crippen LogP contribution in [0.3, 0.4) is 0 Å². The molecule has 2 aromatic carbocycles. The Morgan fingerprint density at radius 2 is 1.83 bits per heavy atom. The Kier molecular flexibility index (Phi) is 8.05. The smallest absolute Gasteiger partial charge is 0.240 e. The quantitative estimate of drug-likeness (QED) is 0.562. The molecule has 1 unspecified atom stereocenters. The fourth-order valence-electron chi connectivity index (χ4n) is 3.68. The molecule has 0 saturated carbocycles. The molecule has 0 aliphatic carbocycles. The summed E-state index contributed by atoms with van der Waals surface area (Å²) in [5.74, 6) is -0.149. The number of hydrogen-bond acceptors (Lipinski definition) is 4. The van der Waals surface area contributed by atoms with Crippen molar-refractivity contribution in [3.63, 3.8) is 0 Å². The lowest BCUT2D eigenvalue weighted by Gasteiger charge is -2.35. The van der Waals surface area contributed by atoms with Crippen molar-refractivity contribution in [2.24, 2.45) is 0 Å². The third kappa shape index (κ3) is 6.14. The molecule has 30 heavy (non-hydrogen) atoms. The molecule has 6 nitrogen and oxygen atoms in total. The van der Waals surface area contributed by atoms with Gasteiger partial charge >= 0.3 is 0 Å². The molecule has 3 rings (SSSR count). The number of rotatable bonds is 9. The molecule has 2 aromatic rings. The van der Waals surface area contributed by atoms with Gasteiger partial charge in [0, 0.05) is 43.1 Å². The summed E-state index contributed by atoms with van der Waals surface area (Å²) in [5.41, 5.74) is 2.77. The highest BCUT2D eigenvalue weighted by molar-refractivity contribution is 9.10. The summed E-state index contributed by atoms with van der Waals surface area (Å²) in [6.07, 6.45) is 2.08. The number of nitrogens with one attached hydrogen (secondary N) is 2. The fourth-order valence-corrected chi connectivity index (χ4v) is 4.97. The average Bonchev–Trinajstić information content (AvgIpc) is 2.74. The molecule has 1 amide bonds. The van der Waals surface area contributed by atoms with Crippen LogP contribution in [0.25, 0.3) is 0 Å². The van der Waals surface area contributed by atoms with E-state index in [0.717, 1.165) is 30.4 Å². The van der Waals surface area contributed by atoms with Crippen LogP contribution in [-0.4, -0.2) is 44.9 Å². The first kappa shape index (κ1) is 22.9. The number of halogens is 1. The lowest BCUT2D eigenvalue weighted by molar-refractivity contribution is -0.121. The van der Waals surface area contributed by atoms with Crippen LogP contribution in [-0.2, 0) is 27.8 Å². The Balaban J connectivity index is 1.44. The van der Waals surface area contributed by atoms with Gasteiger partial charge in [-0.25, -0.2) is 13.1 Å². The summed E-state index contributed by atoms with van der Waals surface area (Å²) in [4.78, 5) is 14.8. The van der Waals surface area contributed by atoms with E-state index >= 15 is 0 Å². The summed E-state index contributed by atoms with van der Waals surface area (Å²) in [5, 5.41) is 2.97. The van der Waals surface area contributed by atoms with Gasteiger partial charge in [0.15, 0.2) is 0 Å². The van der Waals surface area contributed by atoms with Crippen LogP contribution in [0, 0.1) is 0 Å². The lowest BCUT2D eigenvalue weighted by atomic mass is 9.98. The SMILES string of the molecule is CCC(CNC(=O)CCNS(=O)(=O)c1ccc(Br)cc1)N1CCc2ccccc2C1. The first-order chi connectivity index (χ1) is 14.4. The zero-order chi connectivity index (χ0) is 21.6. The van der Waals surface area contributed by atoms with E-state index in [9.17, 15) is 13.2 Å². The Labute approximate surface area is 187 Å². The number of hydrogen-bond donors (Lipinski definition) is 2. The molecule has 0 spiro atoms. The number of benzene rings is 2. The lowest BCUT2D eigenvalue weighted by Crippen LogP contribution is -2.46. The van der Waals surface area contributed by atoms with Gasteiger partial charge in [-0.05, 0) is 48.2 Å². The summed E-state index contributed by atoms with van der Waals surface area (Å²) >= 11 is 3.28. The van der Waals surface area contributed by atoms with Crippen LogP contribution < -0.4 is 10.0 Å². The Morgan fingerprint density at radius 1 is 1.13 bits per heavy atom. The molecule has 1 aliphatic rings. The van der Waals surface area contributed by atoms with Crippen LogP contribution in [0.1, 0.15) is 30.9 Å². The second kappa shape index (κ2) is 10.5. The summed E-state index contributed by atoms with van der Waals surface area (Å²) in [7, 11) is -3.61. The summed E-state index contributed by atoms with van der Waals surface area (Å²) in [6.45, 7) is 4.65. The highest BCUT2D eigenvalue weighted by Crippen LogP contribution is 2.21. The number of fused-ring (bicyclic) bond motifs is 1. The molecule has 1 aliphatic heterocycles. The van der Waals surface area contributed by atoms with E-state index in [1.165, 1.54) is 23.3 Å². The second-order valence-electron chi connectivity index (χ2n) is 7.46. The van der Waals surface area contributed by atoms with Crippen LogP contribution in [0.2, 0.25) is 0 Å². The summed E-state index contributed by atoms with van der Waals surface area (Å²) in [6, 6.07) is 15.2. The van der Waals surface area contributed by atoms with Gasteiger partial charge in [0.25, 0.3) is 0 Å². The second-order valence-corrected chi connectivity index (χ2v) is 10.1. The van der Waals surface area contributed by atoms with E-state index in [1.54, 1.807) is 12.1 Å². The zero-order valence-electron chi connectivity index (χ0n) is 17.1. The molecule has 0 fully saturated rings. The van der Waals surface area contributed by atoms with Gasteiger partial charge < -0.3 is 5.32 Å². The zero-order valence-corrected chi connectivity index (χ0v) is 19.5. The Bertz CT molecular complexity index is 964. The van der Waals surface area contributed by atoms with Gasteiger partial charge in [0.05, 0.1) is 4.90 Å². The minimum absolute atomic E-state index is 0.0676. The number of amides is 1. The monoisotopic (exact) mass is 493 g/mol. The van der Waals surface area contributed by atoms with Crippen molar-refractivity contribution in [3.8, 4) is 0 Å². The topological polar surface area (TPSA) is 78.5 Å². The molecule has 0 bridgehead atoms. The maximum atomic E-state index is 12.3. The molecular formula is C22H28BrN3O3S. The van der Waals surface area contributed by atoms with Crippen molar-refractivity contribution in [1.29, 1.82) is 0 Å². The predicted molar refractivity (Wildman–Crippen MR) is 122 cm³/mol. The first-order valence-electron chi connectivity index (χ1n) is 10.2. The minimum Gasteiger partial charge on any atom is -0.354 e. The molecule has 0 aromatic heterocycles. The molecule has 1 heterocycles. The van der Waals surface area contributed by atoms with E-state index in [0.29, 0.717) is 6.54 Å². The first-order valence-corrected chi connectivity index (χ1v) is 12.5. The maximum absolute atomic E-state index is 12.3. The van der Waals surface area contributed by atoms with Crippen molar-refractivity contribution < 1.29 is 13.2 Å². The van der Waals surface area contributed by atoms with Crippen LogP contribution in [0.4, 0.5) is 0 Å². The number of sulfonamides is 1. The van der Waals surface area contributed by atoms with Crippen LogP contribution in [0.5, 0.6) is 0 Å². The maximum Gasteiger partial charge on any atom is 0.240 e. The van der Waals surface area contributed by atoms with E-state index in [4.69, 9.17) is 0 Å². The van der Waals surface area contributed by atoms with E-state index < -0.39 is 10.0 Å². The van der Waals surface area contributed by atoms with E-state index in [2.05, 4.69) is 62.1 Å². The molecule has 2 N–H and O–H groups in total. The van der Waals surface area contributed by atoms with Gasteiger partial charge in [-0.2, -0.15) is 0 Å². The molecule has 0 saturated heterocycles. The molecule has 1 atom stereocenters. The standard InChI is InChI=1S/C22H28BrN3O3S/c1-2-20(26-14-12-17-5-3-4-6-18(17)16-26)15-24-22(27)11-13-25-30(28,29)21-9-7-19(23)8-10-21/h3-10,20,25H,2,11-16H2,1H3,(H,24,27). The highest BCUT2D eigenvalue weighted by Gasteiger charge is 2.22. The van der Waals surface area contributed by atoms with E-state index in [-0.39, 0.29) is 29.8 Å². The average molecular weight is 494 g/mol. The molecule has 8 heteroatoms. The van der Waals surface area contributed by atoms with Crippen molar-refractivity contribution in [3.05, 3.63) is 64.1 Å². The molecule has 0 radical (unpaired) electrons. The third-order valence-electron chi connectivity index (χ3n) is 5.45. The van der Waals surface area contributed by atoms with Gasteiger partial charge in [0.1, 0.15) is 0 Å². The fraction of sp³-hybridized carbons (Fsp3) is 0.409. The van der Waals surface area contributed by atoms with E-state index in [1.807, 2.05) is 0 Å². The highest BCUT2D eigenvalue weighted by atomic mass is 79.9. The van der Waals surface area contributed by atoms with Crippen LogP contribution >= 0.6 is 15.9 Å². The predicted octanol–water partition coefficient (Wildman–Crippen LogP) is 3.07. The number of carbonyl (C=O) groups is 1. The van der Waals surface area contributed by atoms with Gasteiger partial charge in [-0.1, -0.05) is 47.1 Å². The number of carbonyl (C=O) groups excluding carboxylic acids is 1. The number of nitrogens with zero attached hydrogens (tertiary/aromatic N) is 1. The van der Waals surface area contributed by atoms with Crippen molar-refractivity contribution in [2.75, 3.05) is 19.6 Å².